The Labute approximate surface area is 160 Å². The Bertz CT molecular complexity index is 816. The number of ether oxygens (including phenoxy) is 2. The Kier molecular flexibility index (Phi) is 6.37. The average molecular weight is 423 g/mol. The third kappa shape index (κ3) is 5.11. The number of azo groups is 1. The minimum absolute atomic E-state index is 0.0102. The number of benzene rings is 1. The second kappa shape index (κ2) is 8.02. The van der Waals surface area contributed by atoms with Crippen molar-refractivity contribution in [1.82, 2.24) is 4.72 Å². The summed E-state index contributed by atoms with van der Waals surface area (Å²) in [7, 11) is -3.82. The Morgan fingerprint density at radius 1 is 1.22 bits per heavy atom. The van der Waals surface area contributed by atoms with Gasteiger partial charge >= 0.3 is 5.66 Å². The smallest absolute Gasteiger partial charge is 0.483 e. The van der Waals surface area contributed by atoms with Gasteiger partial charge in [-0.2, -0.15) is 0 Å². The highest BCUT2D eigenvalue weighted by atomic mass is 35.5. The highest BCUT2D eigenvalue weighted by molar-refractivity contribution is 7.89. The zero-order valence-corrected chi connectivity index (χ0v) is 16.2. The topological polar surface area (TPSA) is 146 Å². The molecule has 1 aliphatic heterocycles. The SMILES string of the molecule is CC1(C)OCC([N+](=O)[O-])([N+]([O-])=NCCNS(=O)(=O)c2ccc(Cl)cc2)CO1. The highest BCUT2D eigenvalue weighted by Crippen LogP contribution is 2.26. The van der Waals surface area contributed by atoms with Gasteiger partial charge in [-0.25, -0.2) is 13.1 Å². The van der Waals surface area contributed by atoms with E-state index in [0.29, 0.717) is 5.02 Å². The second-order valence-electron chi connectivity index (χ2n) is 6.21. The van der Waals surface area contributed by atoms with E-state index in [1.807, 2.05) is 0 Å². The Morgan fingerprint density at radius 2 is 1.78 bits per heavy atom. The van der Waals surface area contributed by atoms with Gasteiger partial charge in [-0.3, -0.25) is 10.1 Å². The molecule has 1 heterocycles. The molecule has 1 aromatic carbocycles. The number of hydrogen-bond donors (Lipinski definition) is 1. The van der Waals surface area contributed by atoms with E-state index in [1.54, 1.807) is 13.8 Å². The fourth-order valence-corrected chi connectivity index (χ4v) is 3.24. The third-order valence-electron chi connectivity index (χ3n) is 3.75. The number of nitrogens with one attached hydrogen (secondary N) is 1. The van der Waals surface area contributed by atoms with Gasteiger partial charge in [-0.05, 0) is 48.1 Å². The number of halogens is 1. The maximum absolute atomic E-state index is 12.2. The lowest BCUT2D eigenvalue weighted by atomic mass is 10.2. The Balaban J connectivity index is 2.00. The monoisotopic (exact) mass is 422 g/mol. The van der Waals surface area contributed by atoms with Crippen LogP contribution in [0.2, 0.25) is 5.02 Å². The molecular weight excluding hydrogens is 404 g/mol. The number of nitro groups is 1. The minimum Gasteiger partial charge on any atom is -0.594 e. The van der Waals surface area contributed by atoms with Crippen molar-refractivity contribution in [2.24, 2.45) is 5.11 Å². The predicted molar refractivity (Wildman–Crippen MR) is 93.3 cm³/mol. The molecule has 1 saturated heterocycles. The molecule has 1 aromatic rings. The van der Waals surface area contributed by atoms with Crippen molar-refractivity contribution >= 4 is 21.6 Å². The molecule has 0 radical (unpaired) electrons. The maximum Gasteiger partial charge on any atom is 0.483 e. The molecule has 0 spiro atoms. The summed E-state index contributed by atoms with van der Waals surface area (Å²) in [5.41, 5.74) is -2.22. The van der Waals surface area contributed by atoms with Gasteiger partial charge in [0.15, 0.2) is 19.0 Å². The lowest BCUT2D eigenvalue weighted by Crippen LogP contribution is -2.60. The molecule has 0 aliphatic carbocycles. The molecule has 13 heteroatoms. The minimum atomic E-state index is -3.82. The number of sulfonamides is 1. The summed E-state index contributed by atoms with van der Waals surface area (Å²) in [6.45, 7) is 1.55. The summed E-state index contributed by atoms with van der Waals surface area (Å²) in [5, 5.41) is 27.4. The van der Waals surface area contributed by atoms with Crippen LogP contribution in [-0.4, -0.2) is 56.0 Å². The van der Waals surface area contributed by atoms with Gasteiger partial charge in [0, 0.05) is 11.6 Å². The quantitative estimate of drug-likeness (QED) is 0.174. The van der Waals surface area contributed by atoms with E-state index in [1.165, 1.54) is 24.3 Å². The van der Waals surface area contributed by atoms with Gasteiger partial charge in [0.1, 0.15) is 11.5 Å². The molecule has 0 saturated carbocycles. The van der Waals surface area contributed by atoms with Crippen LogP contribution in [0.1, 0.15) is 13.8 Å². The Hall–Kier alpha value is -1.86. The van der Waals surface area contributed by atoms with Gasteiger partial charge in [0.2, 0.25) is 10.0 Å². The number of rotatable bonds is 7. The van der Waals surface area contributed by atoms with E-state index in [0.717, 1.165) is 0 Å². The maximum atomic E-state index is 12.2. The molecule has 11 nitrogen and oxygen atoms in total. The largest absolute Gasteiger partial charge is 0.594 e. The van der Waals surface area contributed by atoms with Crippen LogP contribution in [0.4, 0.5) is 0 Å². The predicted octanol–water partition coefficient (Wildman–Crippen LogP) is 1.34. The van der Waals surface area contributed by atoms with Crippen LogP contribution in [0.5, 0.6) is 0 Å². The van der Waals surface area contributed by atoms with Crippen LogP contribution in [0.25, 0.3) is 0 Å². The van der Waals surface area contributed by atoms with Crippen molar-refractivity contribution in [1.29, 1.82) is 0 Å². The molecular formula is C14H19ClN4O7S. The van der Waals surface area contributed by atoms with Gasteiger partial charge in [-0.15, -0.1) is 0 Å². The molecule has 0 amide bonds. The molecule has 1 aliphatic rings. The van der Waals surface area contributed by atoms with Crippen LogP contribution in [-0.2, 0) is 19.5 Å². The fraction of sp³-hybridized carbons (Fsp3) is 0.571. The number of hydrogen-bond acceptors (Lipinski definition) is 8. The summed E-state index contributed by atoms with van der Waals surface area (Å²) >= 11 is 5.71. The van der Waals surface area contributed by atoms with Gasteiger partial charge in [-0.1, -0.05) is 11.6 Å². The van der Waals surface area contributed by atoms with Gasteiger partial charge in [0.25, 0.3) is 0 Å². The van der Waals surface area contributed by atoms with Crippen molar-refractivity contribution in [2.45, 2.75) is 30.2 Å². The number of nitrogens with zero attached hydrogens (tertiary/aromatic N) is 3. The standard InChI is InChI=1S/C14H19ClN4O7S/c1-13(2)25-9-14(10-26-13,19(21)22)18(20)16-7-8-17-27(23,24)12-5-3-11(15)4-6-12/h3-6,17H,7-10H2,1-2H3. The van der Waals surface area contributed by atoms with E-state index in [2.05, 4.69) is 9.84 Å². The van der Waals surface area contributed by atoms with Crippen LogP contribution in [0.15, 0.2) is 34.3 Å². The zero-order valence-electron chi connectivity index (χ0n) is 14.6. The first kappa shape index (κ1) is 21.4. The average Bonchev–Trinajstić information content (AvgIpc) is 2.59. The molecule has 0 atom stereocenters. The molecule has 1 fully saturated rings. The molecule has 0 aromatic heterocycles. The molecule has 2 rings (SSSR count). The van der Waals surface area contributed by atoms with Crippen LogP contribution < -0.4 is 4.72 Å². The summed E-state index contributed by atoms with van der Waals surface area (Å²) in [5.74, 6) is -1.05. The number of hydroxylamine groups is 1. The Morgan fingerprint density at radius 3 is 2.30 bits per heavy atom. The molecule has 0 bridgehead atoms. The van der Waals surface area contributed by atoms with Crippen LogP contribution in [0, 0.1) is 15.3 Å². The summed E-state index contributed by atoms with van der Waals surface area (Å²) in [6, 6.07) is 5.49. The fourth-order valence-electron chi connectivity index (χ4n) is 2.10. The first-order valence-corrected chi connectivity index (χ1v) is 9.67. The van der Waals surface area contributed by atoms with Gasteiger partial charge < -0.3 is 14.7 Å². The van der Waals surface area contributed by atoms with Crippen molar-refractivity contribution in [3.05, 3.63) is 44.6 Å². The third-order valence-corrected chi connectivity index (χ3v) is 5.48. The lowest BCUT2D eigenvalue weighted by molar-refractivity contribution is -0.827. The normalized spacial score (nSPS) is 19.6. The molecule has 150 valence electrons. The van der Waals surface area contributed by atoms with E-state index in [4.69, 9.17) is 21.1 Å². The molecule has 0 unspecified atom stereocenters. The summed E-state index contributed by atoms with van der Waals surface area (Å²) in [6.07, 6.45) is 0. The van der Waals surface area contributed by atoms with E-state index < -0.39 is 39.6 Å². The van der Waals surface area contributed by atoms with E-state index >= 15 is 0 Å². The summed E-state index contributed by atoms with van der Waals surface area (Å²) < 4.78 is 36.8. The first-order chi connectivity index (χ1) is 12.5. The van der Waals surface area contributed by atoms with Crippen LogP contribution >= 0.6 is 11.6 Å². The lowest BCUT2D eigenvalue weighted by Gasteiger charge is -2.34. The van der Waals surface area contributed by atoms with E-state index in [-0.39, 0.29) is 22.8 Å². The molecule has 1 N–H and O–H groups in total. The second-order valence-corrected chi connectivity index (χ2v) is 8.41. The highest BCUT2D eigenvalue weighted by Gasteiger charge is 2.59. The van der Waals surface area contributed by atoms with E-state index in [9.17, 15) is 23.7 Å². The van der Waals surface area contributed by atoms with Crippen LogP contribution in [0.3, 0.4) is 0 Å². The van der Waals surface area contributed by atoms with Crippen molar-refractivity contribution in [2.75, 3.05) is 26.3 Å². The van der Waals surface area contributed by atoms with Crippen molar-refractivity contribution in [3.63, 3.8) is 0 Å². The van der Waals surface area contributed by atoms with Gasteiger partial charge in [0.05, 0.1) is 4.90 Å². The zero-order chi connectivity index (χ0) is 20.3. The first-order valence-electron chi connectivity index (χ1n) is 7.81. The molecule has 27 heavy (non-hydrogen) atoms. The van der Waals surface area contributed by atoms with Crippen molar-refractivity contribution < 1.29 is 27.7 Å². The van der Waals surface area contributed by atoms with Crippen molar-refractivity contribution in [3.8, 4) is 0 Å². The summed E-state index contributed by atoms with van der Waals surface area (Å²) in [4.78, 5) is 10.4.